The van der Waals surface area contributed by atoms with Crippen LogP contribution in [0.5, 0.6) is 11.5 Å². The van der Waals surface area contributed by atoms with E-state index in [2.05, 4.69) is 15.9 Å². The summed E-state index contributed by atoms with van der Waals surface area (Å²) in [5.74, 6) is 0.206. The molecule has 0 aromatic heterocycles. The first-order chi connectivity index (χ1) is 6.61. The quantitative estimate of drug-likeness (QED) is 0.699. The standard InChI is InChI=1S/C10H6BBrO2/c11-9-5-1-4-8(14)10(12)6(5)2-3-7(9)13/h1-4,13-14H. The van der Waals surface area contributed by atoms with Crippen LogP contribution in [0.25, 0.3) is 10.8 Å². The predicted octanol–water partition coefficient (Wildman–Crippen LogP) is 1.81. The van der Waals surface area contributed by atoms with Crippen molar-refractivity contribution in [3.63, 3.8) is 0 Å². The first-order valence-electron chi connectivity index (χ1n) is 4.00. The number of halogens is 1. The monoisotopic (exact) mass is 248 g/mol. The molecule has 0 saturated carbocycles. The molecule has 2 radical (unpaired) electrons. The maximum Gasteiger partial charge on any atom is 0.130 e. The lowest BCUT2D eigenvalue weighted by Crippen LogP contribution is -2.04. The first kappa shape index (κ1) is 9.40. The molecule has 2 nitrogen and oxygen atoms in total. The summed E-state index contributed by atoms with van der Waals surface area (Å²) in [6, 6.07) is 6.40. The lowest BCUT2D eigenvalue weighted by molar-refractivity contribution is 0.472. The maximum absolute atomic E-state index is 9.43. The van der Waals surface area contributed by atoms with E-state index in [1.807, 2.05) is 0 Å². The molecule has 0 fully saturated rings. The van der Waals surface area contributed by atoms with Gasteiger partial charge in [0.15, 0.2) is 0 Å². The van der Waals surface area contributed by atoms with Crippen molar-refractivity contribution in [2.24, 2.45) is 0 Å². The van der Waals surface area contributed by atoms with Crippen LogP contribution in [0, 0.1) is 0 Å². The second-order valence-corrected chi connectivity index (χ2v) is 3.79. The van der Waals surface area contributed by atoms with E-state index in [0.29, 0.717) is 9.94 Å². The van der Waals surface area contributed by atoms with Crippen molar-refractivity contribution in [2.75, 3.05) is 0 Å². The van der Waals surface area contributed by atoms with Crippen molar-refractivity contribution in [3.8, 4) is 11.5 Å². The van der Waals surface area contributed by atoms with Crippen molar-refractivity contribution in [1.29, 1.82) is 0 Å². The molecule has 0 amide bonds. The predicted molar refractivity (Wildman–Crippen MR) is 60.4 cm³/mol. The van der Waals surface area contributed by atoms with Gasteiger partial charge in [-0.15, -0.1) is 0 Å². The van der Waals surface area contributed by atoms with Gasteiger partial charge in [0.25, 0.3) is 0 Å². The van der Waals surface area contributed by atoms with Crippen LogP contribution in [0.4, 0.5) is 0 Å². The van der Waals surface area contributed by atoms with E-state index >= 15 is 0 Å². The Morgan fingerprint density at radius 3 is 2.21 bits per heavy atom. The van der Waals surface area contributed by atoms with Gasteiger partial charge in [-0.2, -0.15) is 0 Å². The summed E-state index contributed by atoms with van der Waals surface area (Å²) in [5.41, 5.74) is 0.322. The molecule has 0 aliphatic heterocycles. The average molecular weight is 249 g/mol. The molecule has 2 N–H and O–H groups in total. The summed E-state index contributed by atoms with van der Waals surface area (Å²) in [5, 5.41) is 20.3. The van der Waals surface area contributed by atoms with Crippen LogP contribution in [-0.2, 0) is 0 Å². The van der Waals surface area contributed by atoms with Gasteiger partial charge in [0.1, 0.15) is 19.3 Å². The van der Waals surface area contributed by atoms with Gasteiger partial charge in [-0.25, -0.2) is 0 Å². The Balaban J connectivity index is 2.94. The highest BCUT2D eigenvalue weighted by atomic mass is 79.9. The summed E-state index contributed by atoms with van der Waals surface area (Å²) < 4.78 is 0.585. The number of rotatable bonds is 0. The number of phenolic OH excluding ortho intramolecular Hbond substituents is 2. The van der Waals surface area contributed by atoms with Gasteiger partial charge in [0, 0.05) is 0 Å². The van der Waals surface area contributed by atoms with Crippen LogP contribution in [-0.4, -0.2) is 18.1 Å². The van der Waals surface area contributed by atoms with E-state index in [4.69, 9.17) is 7.85 Å². The zero-order chi connectivity index (χ0) is 10.3. The van der Waals surface area contributed by atoms with E-state index in [1.165, 1.54) is 12.1 Å². The van der Waals surface area contributed by atoms with Gasteiger partial charge >= 0.3 is 0 Å². The average Bonchev–Trinajstić information content (AvgIpc) is 2.17. The second-order valence-electron chi connectivity index (χ2n) is 2.99. The molecule has 0 aliphatic carbocycles. The Bertz CT molecular complexity index is 464. The Morgan fingerprint density at radius 2 is 1.50 bits per heavy atom. The van der Waals surface area contributed by atoms with E-state index in [9.17, 15) is 10.2 Å². The third-order valence-corrected chi connectivity index (χ3v) is 2.97. The van der Waals surface area contributed by atoms with Gasteiger partial charge in [0.05, 0.1) is 4.47 Å². The third kappa shape index (κ3) is 1.26. The van der Waals surface area contributed by atoms with Crippen LogP contribution in [0.15, 0.2) is 28.7 Å². The van der Waals surface area contributed by atoms with Crippen molar-refractivity contribution < 1.29 is 10.2 Å². The fourth-order valence-electron chi connectivity index (χ4n) is 1.37. The van der Waals surface area contributed by atoms with Crippen molar-refractivity contribution >= 4 is 40.0 Å². The van der Waals surface area contributed by atoms with Gasteiger partial charge in [-0.05, 0) is 50.4 Å². The maximum atomic E-state index is 9.43. The molecule has 2 rings (SSSR count). The molecular formula is C10H6BBrO2. The molecule has 2 aromatic rings. The van der Waals surface area contributed by atoms with Gasteiger partial charge in [0.2, 0.25) is 0 Å². The zero-order valence-electron chi connectivity index (χ0n) is 7.16. The third-order valence-electron chi connectivity index (χ3n) is 2.13. The van der Waals surface area contributed by atoms with Gasteiger partial charge < -0.3 is 10.2 Å². The van der Waals surface area contributed by atoms with Crippen LogP contribution >= 0.6 is 15.9 Å². The van der Waals surface area contributed by atoms with E-state index in [-0.39, 0.29) is 11.5 Å². The Hall–Kier alpha value is -1.16. The molecule has 0 spiro atoms. The molecule has 0 unspecified atom stereocenters. The van der Waals surface area contributed by atoms with Crippen LogP contribution in [0.1, 0.15) is 0 Å². The Kier molecular flexibility index (Phi) is 2.15. The minimum Gasteiger partial charge on any atom is -0.509 e. The summed E-state index contributed by atoms with van der Waals surface area (Å²) in [6.07, 6.45) is 0. The van der Waals surface area contributed by atoms with Crippen molar-refractivity contribution in [2.45, 2.75) is 0 Å². The topological polar surface area (TPSA) is 40.5 Å². The van der Waals surface area contributed by atoms with Crippen LogP contribution < -0.4 is 5.46 Å². The number of aromatic hydroxyl groups is 2. The van der Waals surface area contributed by atoms with Crippen LogP contribution in [0.2, 0.25) is 0 Å². The second kappa shape index (κ2) is 3.21. The largest absolute Gasteiger partial charge is 0.509 e. The highest BCUT2D eigenvalue weighted by molar-refractivity contribution is 9.10. The molecule has 2 aromatic carbocycles. The molecule has 4 heteroatoms. The highest BCUT2D eigenvalue weighted by Crippen LogP contribution is 2.32. The van der Waals surface area contributed by atoms with Gasteiger partial charge in [-0.3, -0.25) is 0 Å². The minimum absolute atomic E-state index is 0.0510. The number of hydrogen-bond acceptors (Lipinski definition) is 2. The Morgan fingerprint density at radius 1 is 0.929 bits per heavy atom. The lowest BCUT2D eigenvalue weighted by atomic mass is 9.89. The normalized spacial score (nSPS) is 10.6. The van der Waals surface area contributed by atoms with Crippen molar-refractivity contribution in [1.82, 2.24) is 0 Å². The number of fused-ring (bicyclic) bond motifs is 1. The summed E-state index contributed by atoms with van der Waals surface area (Å²) in [6.45, 7) is 0. The molecule has 0 heterocycles. The zero-order valence-corrected chi connectivity index (χ0v) is 8.75. The van der Waals surface area contributed by atoms with Crippen molar-refractivity contribution in [3.05, 3.63) is 28.7 Å². The lowest BCUT2D eigenvalue weighted by Gasteiger charge is -2.07. The molecule has 68 valence electrons. The minimum atomic E-state index is 0.0510. The molecule has 0 aliphatic rings. The number of benzene rings is 2. The summed E-state index contributed by atoms with van der Waals surface area (Å²) >= 11 is 3.25. The molecular weight excluding hydrogens is 243 g/mol. The Labute approximate surface area is 90.7 Å². The van der Waals surface area contributed by atoms with E-state index < -0.39 is 0 Å². The molecule has 0 bridgehead atoms. The SMILES string of the molecule is [B]c1c(O)ccc2c(Br)c(O)ccc12. The molecule has 0 atom stereocenters. The van der Waals surface area contributed by atoms with Crippen LogP contribution in [0.3, 0.4) is 0 Å². The van der Waals surface area contributed by atoms with E-state index in [1.54, 1.807) is 12.1 Å². The highest BCUT2D eigenvalue weighted by Gasteiger charge is 2.07. The number of hydrogen-bond donors (Lipinski definition) is 2. The summed E-state index contributed by atoms with van der Waals surface area (Å²) in [4.78, 5) is 0. The number of phenols is 2. The fraction of sp³-hybridized carbons (Fsp3) is 0. The van der Waals surface area contributed by atoms with E-state index in [0.717, 1.165) is 10.8 Å². The first-order valence-corrected chi connectivity index (χ1v) is 4.79. The molecule has 0 saturated heterocycles. The summed E-state index contributed by atoms with van der Waals surface area (Å²) in [7, 11) is 5.68. The molecule has 14 heavy (non-hydrogen) atoms. The van der Waals surface area contributed by atoms with Gasteiger partial charge in [-0.1, -0.05) is 6.07 Å². The smallest absolute Gasteiger partial charge is 0.130 e. The fourth-order valence-corrected chi connectivity index (χ4v) is 1.85.